The summed E-state index contributed by atoms with van der Waals surface area (Å²) in [7, 11) is 0. The van der Waals surface area contributed by atoms with Crippen LogP contribution in [0.1, 0.15) is 12.0 Å². The average molecular weight is 373 g/mol. The Kier molecular flexibility index (Phi) is 4.86. The molecule has 1 amide bonds. The van der Waals surface area contributed by atoms with E-state index >= 15 is 0 Å². The molecule has 0 aliphatic heterocycles. The molecule has 0 saturated heterocycles. The monoisotopic (exact) mass is 373 g/mol. The fourth-order valence-electron chi connectivity index (χ4n) is 1.81. The number of rotatable bonds is 6. The lowest BCUT2D eigenvalue weighted by atomic mass is 10.1. The van der Waals surface area contributed by atoms with Crippen molar-refractivity contribution in [1.29, 1.82) is 0 Å². The quantitative estimate of drug-likeness (QED) is 0.621. The molecule has 0 unspecified atom stereocenters. The molecule has 1 N–H and O–H groups in total. The number of halogens is 7. The van der Waals surface area contributed by atoms with Crippen LogP contribution in [0.5, 0.6) is 0 Å². The molecule has 2 rings (SSSR count). The minimum Gasteiger partial charge on any atom is -0.351 e. The number of amides is 1. The molecule has 0 aliphatic carbocycles. The molecule has 2 aromatic rings. The van der Waals surface area contributed by atoms with Gasteiger partial charge in [0.25, 0.3) is 11.7 Å². The molecular formula is C12H10F7N5O. The number of hydrogen-bond acceptors (Lipinski definition) is 4. The number of alkyl halides is 7. The SMILES string of the molecule is O=C(NCCCc1cnc2ncnn2c1)C(F)(F)C(F)(F)C(F)(F)F. The zero-order valence-corrected chi connectivity index (χ0v) is 12.2. The summed E-state index contributed by atoms with van der Waals surface area (Å²) in [4.78, 5) is 18.7. The maximum atomic E-state index is 13.1. The summed E-state index contributed by atoms with van der Waals surface area (Å²) in [6.07, 6.45) is -2.20. The highest BCUT2D eigenvalue weighted by Crippen LogP contribution is 2.46. The summed E-state index contributed by atoms with van der Waals surface area (Å²) >= 11 is 0. The van der Waals surface area contributed by atoms with Crippen LogP contribution in [0.25, 0.3) is 5.78 Å². The molecule has 6 nitrogen and oxygen atoms in total. The van der Waals surface area contributed by atoms with Crippen molar-refractivity contribution < 1.29 is 35.5 Å². The van der Waals surface area contributed by atoms with Gasteiger partial charge in [0.05, 0.1) is 0 Å². The smallest absolute Gasteiger partial charge is 0.351 e. The number of nitrogens with one attached hydrogen (secondary N) is 1. The number of nitrogens with zero attached hydrogens (tertiary/aromatic N) is 4. The molecule has 0 aromatic carbocycles. The summed E-state index contributed by atoms with van der Waals surface area (Å²) in [5.41, 5.74) is 0.569. The molecule has 0 saturated carbocycles. The molecule has 138 valence electrons. The van der Waals surface area contributed by atoms with E-state index in [4.69, 9.17) is 0 Å². The largest absolute Gasteiger partial charge is 0.460 e. The predicted molar refractivity (Wildman–Crippen MR) is 68.1 cm³/mol. The third-order valence-corrected chi connectivity index (χ3v) is 3.15. The fraction of sp³-hybridized carbons (Fsp3) is 0.500. The maximum Gasteiger partial charge on any atom is 0.460 e. The van der Waals surface area contributed by atoms with Crippen molar-refractivity contribution in [3.63, 3.8) is 0 Å². The van der Waals surface area contributed by atoms with Crippen LogP contribution in [0.4, 0.5) is 30.7 Å². The third-order valence-electron chi connectivity index (χ3n) is 3.15. The van der Waals surface area contributed by atoms with Gasteiger partial charge in [-0.3, -0.25) is 4.79 Å². The summed E-state index contributed by atoms with van der Waals surface area (Å²) in [6.45, 7) is -0.530. The van der Waals surface area contributed by atoms with Gasteiger partial charge in [0.2, 0.25) is 0 Å². The third kappa shape index (κ3) is 3.64. The summed E-state index contributed by atoms with van der Waals surface area (Å²) < 4.78 is 88.8. The normalized spacial score (nSPS) is 13.2. The van der Waals surface area contributed by atoms with Gasteiger partial charge in [-0.2, -0.15) is 40.8 Å². The van der Waals surface area contributed by atoms with Crippen LogP contribution < -0.4 is 5.32 Å². The van der Waals surface area contributed by atoms with Crippen LogP contribution in [0.3, 0.4) is 0 Å². The van der Waals surface area contributed by atoms with Crippen molar-refractivity contribution in [2.75, 3.05) is 6.54 Å². The second kappa shape index (κ2) is 6.44. The van der Waals surface area contributed by atoms with Crippen molar-refractivity contribution in [1.82, 2.24) is 24.9 Å². The zero-order valence-electron chi connectivity index (χ0n) is 12.2. The Labute approximate surface area is 135 Å². The Bertz CT molecular complexity index is 758. The molecular weight excluding hydrogens is 363 g/mol. The summed E-state index contributed by atoms with van der Waals surface area (Å²) in [5, 5.41) is 5.18. The van der Waals surface area contributed by atoms with E-state index in [-0.39, 0.29) is 12.8 Å². The molecule has 2 heterocycles. The van der Waals surface area contributed by atoms with Crippen LogP contribution >= 0.6 is 0 Å². The first-order valence-corrected chi connectivity index (χ1v) is 6.72. The van der Waals surface area contributed by atoms with Crippen LogP contribution in [-0.2, 0) is 11.2 Å². The lowest BCUT2D eigenvalue weighted by Gasteiger charge is -2.27. The number of carbonyl (C=O) groups is 1. The molecule has 0 fully saturated rings. The summed E-state index contributed by atoms with van der Waals surface area (Å²) in [5.74, 6) is -14.8. The van der Waals surface area contributed by atoms with Gasteiger partial charge in [-0.1, -0.05) is 0 Å². The van der Waals surface area contributed by atoms with Gasteiger partial charge in [0.1, 0.15) is 6.33 Å². The molecule has 25 heavy (non-hydrogen) atoms. The minimum atomic E-state index is -6.55. The van der Waals surface area contributed by atoms with Crippen molar-refractivity contribution in [3.8, 4) is 0 Å². The first-order chi connectivity index (χ1) is 11.5. The molecule has 0 spiro atoms. The highest BCUT2D eigenvalue weighted by Gasteiger charge is 2.76. The second-order valence-corrected chi connectivity index (χ2v) is 4.97. The molecule has 0 radical (unpaired) electrons. The van der Waals surface area contributed by atoms with Crippen molar-refractivity contribution in [3.05, 3.63) is 24.3 Å². The Morgan fingerprint density at radius 3 is 2.44 bits per heavy atom. The van der Waals surface area contributed by atoms with E-state index in [0.29, 0.717) is 11.3 Å². The summed E-state index contributed by atoms with van der Waals surface area (Å²) in [6, 6.07) is 0. The number of fused-ring (bicyclic) bond motifs is 1. The Hall–Kier alpha value is -2.47. The number of hydrogen-bond donors (Lipinski definition) is 1. The molecule has 13 heteroatoms. The van der Waals surface area contributed by atoms with E-state index in [1.54, 1.807) is 0 Å². The van der Waals surface area contributed by atoms with Crippen LogP contribution in [-0.4, -0.2) is 50.1 Å². The van der Waals surface area contributed by atoms with E-state index in [1.807, 2.05) is 0 Å². The highest BCUT2D eigenvalue weighted by molar-refractivity contribution is 5.84. The van der Waals surface area contributed by atoms with Crippen LogP contribution in [0.2, 0.25) is 0 Å². The van der Waals surface area contributed by atoms with Crippen LogP contribution in [0.15, 0.2) is 18.7 Å². The predicted octanol–water partition coefficient (Wildman–Crippen LogP) is 2.01. The standard InChI is InChI=1S/C12H10F7N5O/c13-10(14,11(15,16)12(17,18)19)8(25)20-3-1-2-7-4-21-9-22-6-23-24(9)5-7/h4-6H,1-3H2,(H,20,25). The topological polar surface area (TPSA) is 72.2 Å². The molecule has 0 atom stereocenters. The molecule has 2 aromatic heterocycles. The fourth-order valence-corrected chi connectivity index (χ4v) is 1.81. The van der Waals surface area contributed by atoms with E-state index < -0.39 is 30.5 Å². The lowest BCUT2D eigenvalue weighted by molar-refractivity contribution is -0.344. The van der Waals surface area contributed by atoms with Gasteiger partial charge in [-0.15, -0.1) is 0 Å². The number of carbonyl (C=O) groups excluding carboxylic acids is 1. The first-order valence-electron chi connectivity index (χ1n) is 6.72. The van der Waals surface area contributed by atoms with Gasteiger partial charge in [0, 0.05) is 18.9 Å². The second-order valence-electron chi connectivity index (χ2n) is 4.97. The first kappa shape index (κ1) is 18.9. The van der Waals surface area contributed by atoms with Crippen molar-refractivity contribution >= 4 is 11.7 Å². The van der Waals surface area contributed by atoms with E-state index in [0.717, 1.165) is 0 Å². The zero-order chi connectivity index (χ0) is 18.9. The molecule has 0 bridgehead atoms. The lowest BCUT2D eigenvalue weighted by Crippen LogP contribution is -2.59. The van der Waals surface area contributed by atoms with Crippen LogP contribution in [0, 0.1) is 0 Å². The number of aromatic nitrogens is 4. The van der Waals surface area contributed by atoms with Gasteiger partial charge in [0.15, 0.2) is 0 Å². The number of aryl methyl sites for hydroxylation is 1. The minimum absolute atomic E-state index is 0.00128. The Morgan fingerprint density at radius 2 is 1.80 bits per heavy atom. The van der Waals surface area contributed by atoms with Gasteiger partial charge < -0.3 is 5.32 Å². The van der Waals surface area contributed by atoms with E-state index in [2.05, 4.69) is 15.1 Å². The Morgan fingerprint density at radius 1 is 1.12 bits per heavy atom. The van der Waals surface area contributed by atoms with Crippen molar-refractivity contribution in [2.24, 2.45) is 0 Å². The van der Waals surface area contributed by atoms with Gasteiger partial charge >= 0.3 is 18.0 Å². The van der Waals surface area contributed by atoms with E-state index in [9.17, 15) is 35.5 Å². The van der Waals surface area contributed by atoms with E-state index in [1.165, 1.54) is 28.6 Å². The average Bonchev–Trinajstić information content (AvgIpc) is 2.97. The maximum absolute atomic E-state index is 13.1. The van der Waals surface area contributed by atoms with Crippen molar-refractivity contribution in [2.45, 2.75) is 30.9 Å². The highest BCUT2D eigenvalue weighted by atomic mass is 19.4. The van der Waals surface area contributed by atoms with Gasteiger partial charge in [-0.25, -0.2) is 9.50 Å². The molecule has 0 aliphatic rings. The Balaban J connectivity index is 1.89. The van der Waals surface area contributed by atoms with Gasteiger partial charge in [-0.05, 0) is 18.4 Å².